The van der Waals surface area contributed by atoms with Gasteiger partial charge in [0.1, 0.15) is 0 Å². The second kappa shape index (κ2) is 6.54. The highest BCUT2D eigenvalue weighted by Crippen LogP contribution is 2.33. The van der Waals surface area contributed by atoms with E-state index >= 15 is 0 Å². The van der Waals surface area contributed by atoms with E-state index in [-0.39, 0.29) is 5.28 Å². The standard InChI is InChI=1S/C13H20ClN5O/c14-11-16-12(15-5-1-2-10-3-4-10)18-13(17-11)19-6-8-20-9-7-19/h10H,1-9H2,(H,15,16,17,18). The van der Waals surface area contributed by atoms with Crippen LogP contribution in [0.1, 0.15) is 25.7 Å². The van der Waals surface area contributed by atoms with E-state index in [2.05, 4.69) is 25.2 Å². The third-order valence-corrected chi connectivity index (χ3v) is 3.83. The van der Waals surface area contributed by atoms with E-state index in [9.17, 15) is 0 Å². The van der Waals surface area contributed by atoms with Crippen molar-refractivity contribution < 1.29 is 4.74 Å². The first-order valence-electron chi connectivity index (χ1n) is 7.29. The zero-order valence-corrected chi connectivity index (χ0v) is 12.3. The molecule has 0 atom stereocenters. The average molecular weight is 298 g/mol. The van der Waals surface area contributed by atoms with Gasteiger partial charge < -0.3 is 15.0 Å². The Bertz CT molecular complexity index is 448. The first-order valence-corrected chi connectivity index (χ1v) is 7.67. The molecule has 2 fully saturated rings. The highest BCUT2D eigenvalue weighted by molar-refractivity contribution is 6.28. The van der Waals surface area contributed by atoms with E-state index < -0.39 is 0 Å². The van der Waals surface area contributed by atoms with Crippen LogP contribution in [0.5, 0.6) is 0 Å². The smallest absolute Gasteiger partial charge is 0.231 e. The lowest BCUT2D eigenvalue weighted by atomic mass is 10.2. The second-order valence-electron chi connectivity index (χ2n) is 5.34. The van der Waals surface area contributed by atoms with E-state index in [4.69, 9.17) is 16.3 Å². The van der Waals surface area contributed by atoms with Crippen molar-refractivity contribution in [2.45, 2.75) is 25.7 Å². The van der Waals surface area contributed by atoms with E-state index in [1.54, 1.807) is 0 Å². The molecule has 0 radical (unpaired) electrons. The van der Waals surface area contributed by atoms with Crippen molar-refractivity contribution >= 4 is 23.5 Å². The van der Waals surface area contributed by atoms with Crippen molar-refractivity contribution in [3.8, 4) is 0 Å². The fourth-order valence-electron chi connectivity index (χ4n) is 2.32. The number of aromatic nitrogens is 3. The summed E-state index contributed by atoms with van der Waals surface area (Å²) in [6.07, 6.45) is 5.25. The number of rotatable bonds is 6. The summed E-state index contributed by atoms with van der Waals surface area (Å²) in [6.45, 7) is 3.88. The summed E-state index contributed by atoms with van der Waals surface area (Å²) in [6, 6.07) is 0. The number of halogens is 1. The van der Waals surface area contributed by atoms with Gasteiger partial charge in [0, 0.05) is 19.6 Å². The molecule has 0 bridgehead atoms. The van der Waals surface area contributed by atoms with Gasteiger partial charge in [-0.2, -0.15) is 15.0 Å². The molecule has 0 spiro atoms. The third-order valence-electron chi connectivity index (χ3n) is 3.66. The fraction of sp³-hybridized carbons (Fsp3) is 0.769. The summed E-state index contributed by atoms with van der Waals surface area (Å²) in [5.74, 6) is 2.17. The van der Waals surface area contributed by atoms with Gasteiger partial charge in [-0.05, 0) is 30.4 Å². The summed E-state index contributed by atoms with van der Waals surface area (Å²) in [5, 5.41) is 3.49. The van der Waals surface area contributed by atoms with E-state index in [0.717, 1.165) is 32.0 Å². The first-order chi connectivity index (χ1) is 9.81. The van der Waals surface area contributed by atoms with Gasteiger partial charge in [0.05, 0.1) is 13.2 Å². The Morgan fingerprint density at radius 2 is 2.00 bits per heavy atom. The van der Waals surface area contributed by atoms with Crippen LogP contribution in [0.25, 0.3) is 0 Å². The van der Waals surface area contributed by atoms with Crippen molar-refractivity contribution in [3.63, 3.8) is 0 Å². The van der Waals surface area contributed by atoms with Crippen molar-refractivity contribution in [1.29, 1.82) is 0 Å². The van der Waals surface area contributed by atoms with Crippen LogP contribution in [-0.4, -0.2) is 47.8 Å². The van der Waals surface area contributed by atoms with Crippen molar-refractivity contribution in [2.24, 2.45) is 5.92 Å². The number of nitrogens with one attached hydrogen (secondary N) is 1. The summed E-state index contributed by atoms with van der Waals surface area (Å²) in [7, 11) is 0. The normalized spacial score (nSPS) is 19.1. The van der Waals surface area contributed by atoms with Gasteiger partial charge in [0.2, 0.25) is 17.2 Å². The quantitative estimate of drug-likeness (QED) is 0.810. The molecule has 2 heterocycles. The van der Waals surface area contributed by atoms with Crippen LogP contribution in [0, 0.1) is 5.92 Å². The Kier molecular flexibility index (Phi) is 4.52. The van der Waals surface area contributed by atoms with Crippen LogP contribution in [0.3, 0.4) is 0 Å². The van der Waals surface area contributed by atoms with Gasteiger partial charge in [-0.25, -0.2) is 0 Å². The minimum Gasteiger partial charge on any atom is -0.378 e. The number of hydrogen-bond acceptors (Lipinski definition) is 6. The maximum Gasteiger partial charge on any atom is 0.231 e. The van der Waals surface area contributed by atoms with Crippen molar-refractivity contribution in [1.82, 2.24) is 15.0 Å². The molecule has 110 valence electrons. The maximum atomic E-state index is 5.98. The van der Waals surface area contributed by atoms with Gasteiger partial charge in [0.25, 0.3) is 0 Å². The van der Waals surface area contributed by atoms with Gasteiger partial charge in [-0.15, -0.1) is 0 Å². The Hall–Kier alpha value is -1.14. The monoisotopic (exact) mass is 297 g/mol. The minimum absolute atomic E-state index is 0.242. The molecule has 1 aliphatic heterocycles. The molecule has 1 aromatic heterocycles. The van der Waals surface area contributed by atoms with Gasteiger partial charge in [0.15, 0.2) is 0 Å². The van der Waals surface area contributed by atoms with Crippen LogP contribution in [-0.2, 0) is 4.74 Å². The van der Waals surface area contributed by atoms with E-state index in [1.165, 1.54) is 19.3 Å². The van der Waals surface area contributed by atoms with E-state index in [1.807, 2.05) is 0 Å². The van der Waals surface area contributed by atoms with Gasteiger partial charge >= 0.3 is 0 Å². The van der Waals surface area contributed by atoms with Crippen LogP contribution < -0.4 is 10.2 Å². The molecule has 1 saturated carbocycles. The highest BCUT2D eigenvalue weighted by Gasteiger charge is 2.20. The molecule has 7 heteroatoms. The lowest BCUT2D eigenvalue weighted by Crippen LogP contribution is -2.37. The summed E-state index contributed by atoms with van der Waals surface area (Å²) < 4.78 is 5.33. The summed E-state index contributed by atoms with van der Waals surface area (Å²) >= 11 is 5.98. The minimum atomic E-state index is 0.242. The molecular formula is C13H20ClN5O. The molecule has 2 aliphatic rings. The molecule has 20 heavy (non-hydrogen) atoms. The molecule has 3 rings (SSSR count). The molecule has 0 amide bonds. The fourth-order valence-corrected chi connectivity index (χ4v) is 2.48. The molecule has 1 aromatic rings. The van der Waals surface area contributed by atoms with Gasteiger partial charge in [-0.3, -0.25) is 0 Å². The summed E-state index contributed by atoms with van der Waals surface area (Å²) in [5.41, 5.74) is 0. The Morgan fingerprint density at radius 3 is 2.75 bits per heavy atom. The van der Waals surface area contributed by atoms with Crippen LogP contribution >= 0.6 is 11.6 Å². The zero-order valence-electron chi connectivity index (χ0n) is 11.5. The highest BCUT2D eigenvalue weighted by atomic mass is 35.5. The number of morpholine rings is 1. The van der Waals surface area contributed by atoms with Crippen molar-refractivity contribution in [3.05, 3.63) is 5.28 Å². The third kappa shape index (κ3) is 3.93. The molecule has 1 aliphatic carbocycles. The van der Waals surface area contributed by atoms with Crippen LogP contribution in [0.2, 0.25) is 5.28 Å². The lowest BCUT2D eigenvalue weighted by Gasteiger charge is -2.26. The number of hydrogen-bond donors (Lipinski definition) is 1. The SMILES string of the molecule is Clc1nc(NCCCC2CC2)nc(N2CCOCC2)n1. The van der Waals surface area contributed by atoms with Crippen LogP contribution in [0.15, 0.2) is 0 Å². The molecule has 6 nitrogen and oxygen atoms in total. The number of anilines is 2. The predicted octanol–water partition coefficient (Wildman–Crippen LogP) is 1.96. The van der Waals surface area contributed by atoms with E-state index in [0.29, 0.717) is 25.1 Å². The Morgan fingerprint density at radius 1 is 1.20 bits per heavy atom. The molecule has 0 aromatic carbocycles. The topological polar surface area (TPSA) is 63.2 Å². The van der Waals surface area contributed by atoms with Crippen LogP contribution in [0.4, 0.5) is 11.9 Å². The molecular weight excluding hydrogens is 278 g/mol. The van der Waals surface area contributed by atoms with Crippen molar-refractivity contribution in [2.75, 3.05) is 43.1 Å². The number of ether oxygens (including phenoxy) is 1. The Balaban J connectivity index is 1.56. The summed E-state index contributed by atoms with van der Waals surface area (Å²) in [4.78, 5) is 14.9. The predicted molar refractivity (Wildman–Crippen MR) is 78.3 cm³/mol. The maximum absolute atomic E-state index is 5.98. The molecule has 1 N–H and O–H groups in total. The second-order valence-corrected chi connectivity index (χ2v) is 5.68. The van der Waals surface area contributed by atoms with Gasteiger partial charge in [-0.1, -0.05) is 12.8 Å². The molecule has 0 unspecified atom stereocenters. The average Bonchev–Trinajstić information content (AvgIpc) is 3.28. The number of nitrogens with zero attached hydrogens (tertiary/aromatic N) is 4. The molecule has 1 saturated heterocycles. The Labute approximate surface area is 123 Å². The first kappa shape index (κ1) is 13.8. The zero-order chi connectivity index (χ0) is 13.8. The lowest BCUT2D eigenvalue weighted by molar-refractivity contribution is 0.122. The largest absolute Gasteiger partial charge is 0.378 e.